The van der Waals surface area contributed by atoms with E-state index in [1.165, 1.54) is 38.5 Å². The highest BCUT2D eigenvalue weighted by atomic mass is 16.3. The zero-order chi connectivity index (χ0) is 29.5. The van der Waals surface area contributed by atoms with Crippen LogP contribution >= 0.6 is 0 Å². The van der Waals surface area contributed by atoms with E-state index in [0.717, 1.165) is 50.2 Å². The van der Waals surface area contributed by atoms with Gasteiger partial charge in [0.05, 0.1) is 28.1 Å². The molecule has 10 rings (SSSR count). The van der Waals surface area contributed by atoms with E-state index < -0.39 is 0 Å². The molecule has 0 saturated heterocycles. The molecule has 0 atom stereocenters. The Bertz CT molecular complexity index is 2530. The van der Waals surface area contributed by atoms with Gasteiger partial charge >= 0.3 is 0 Å². The van der Waals surface area contributed by atoms with E-state index in [0.29, 0.717) is 0 Å². The van der Waals surface area contributed by atoms with E-state index in [1.54, 1.807) is 0 Å². The number of anilines is 3. The number of furan rings is 1. The average molecular weight is 575 g/mol. The minimum Gasteiger partial charge on any atom is -0.456 e. The summed E-state index contributed by atoms with van der Waals surface area (Å²) in [4.78, 5) is 2.44. The minimum atomic E-state index is 0.910. The lowest BCUT2D eigenvalue weighted by Crippen LogP contribution is -2.18. The monoisotopic (exact) mass is 574 g/mol. The standard InChI is InChI=1S/C42H26N2O/c1-3-12-27(13-4-1)29-22-30(28-14-5-2-6-15-28)24-31(23-29)43-36-18-8-9-19-37(36)44-39-26-41-35(32-16-7-10-21-40(32)45-41)25-34(39)33-17-11-20-38(43)42(33)44/h1-26H. The Kier molecular flexibility index (Phi) is 5.00. The highest BCUT2D eigenvalue weighted by molar-refractivity contribution is 6.21. The van der Waals surface area contributed by atoms with Crippen molar-refractivity contribution in [2.45, 2.75) is 0 Å². The summed E-state index contributed by atoms with van der Waals surface area (Å²) in [5, 5.41) is 4.76. The quantitative estimate of drug-likeness (QED) is 0.209. The highest BCUT2D eigenvalue weighted by Gasteiger charge is 2.29. The van der Waals surface area contributed by atoms with Crippen LogP contribution < -0.4 is 4.90 Å². The maximum Gasteiger partial charge on any atom is 0.137 e. The van der Waals surface area contributed by atoms with Crippen molar-refractivity contribution in [2.24, 2.45) is 0 Å². The molecule has 0 spiro atoms. The fourth-order valence-electron chi connectivity index (χ4n) is 7.28. The van der Waals surface area contributed by atoms with Gasteiger partial charge in [-0.05, 0) is 70.8 Å². The number of hydrogen-bond donors (Lipinski definition) is 0. The molecule has 3 nitrogen and oxygen atoms in total. The summed E-state index contributed by atoms with van der Waals surface area (Å²) in [5.74, 6) is 0. The molecule has 3 heteroatoms. The lowest BCUT2D eigenvalue weighted by atomic mass is 9.97. The first-order valence-corrected chi connectivity index (χ1v) is 15.4. The van der Waals surface area contributed by atoms with Crippen LogP contribution in [0.3, 0.4) is 0 Å². The zero-order valence-electron chi connectivity index (χ0n) is 24.3. The fourth-order valence-corrected chi connectivity index (χ4v) is 7.28. The molecule has 0 bridgehead atoms. The van der Waals surface area contributed by atoms with Crippen LogP contribution in [0.25, 0.3) is 71.7 Å². The SMILES string of the molecule is c1ccc(-c2cc(-c3ccccc3)cc(N3c4ccccc4-n4c5cc6oc7ccccc7c6cc5c5cccc3c54)c2)cc1. The van der Waals surface area contributed by atoms with Gasteiger partial charge in [-0.1, -0.05) is 103 Å². The first-order valence-electron chi connectivity index (χ1n) is 15.4. The van der Waals surface area contributed by atoms with Crippen molar-refractivity contribution in [2.75, 3.05) is 4.90 Å². The van der Waals surface area contributed by atoms with Crippen molar-refractivity contribution in [1.29, 1.82) is 0 Å². The molecule has 2 aromatic heterocycles. The van der Waals surface area contributed by atoms with Crippen molar-refractivity contribution in [3.63, 3.8) is 0 Å². The second-order valence-corrected chi connectivity index (χ2v) is 11.8. The van der Waals surface area contributed by atoms with E-state index in [2.05, 4.69) is 155 Å². The molecule has 0 fully saturated rings. The van der Waals surface area contributed by atoms with Gasteiger partial charge in [0.1, 0.15) is 11.2 Å². The van der Waals surface area contributed by atoms with E-state index in [-0.39, 0.29) is 0 Å². The number of aromatic nitrogens is 1. The lowest BCUT2D eigenvalue weighted by molar-refractivity contribution is 0.669. The summed E-state index contributed by atoms with van der Waals surface area (Å²) in [6.07, 6.45) is 0. The fraction of sp³-hybridized carbons (Fsp3) is 0. The first kappa shape index (κ1) is 24.4. The normalized spacial score (nSPS) is 12.4. The van der Waals surface area contributed by atoms with E-state index >= 15 is 0 Å². The van der Waals surface area contributed by atoms with Gasteiger partial charge in [-0.3, -0.25) is 0 Å². The van der Waals surface area contributed by atoms with Crippen molar-refractivity contribution >= 4 is 60.8 Å². The van der Waals surface area contributed by atoms with Crippen LogP contribution in [-0.2, 0) is 0 Å². The molecule has 9 aromatic rings. The highest BCUT2D eigenvalue weighted by Crippen LogP contribution is 2.51. The minimum absolute atomic E-state index is 0.910. The van der Waals surface area contributed by atoms with E-state index in [1.807, 2.05) is 12.1 Å². The lowest BCUT2D eigenvalue weighted by Gasteiger charge is -2.33. The van der Waals surface area contributed by atoms with Gasteiger partial charge in [0, 0.05) is 33.3 Å². The third-order valence-electron chi connectivity index (χ3n) is 9.26. The molecule has 1 aliphatic rings. The largest absolute Gasteiger partial charge is 0.456 e. The number of hydrogen-bond acceptors (Lipinski definition) is 2. The Morgan fingerprint density at radius 3 is 1.76 bits per heavy atom. The molecule has 0 saturated carbocycles. The molecule has 0 radical (unpaired) electrons. The predicted octanol–water partition coefficient (Wildman–Crippen LogP) is 11.8. The Morgan fingerprint density at radius 1 is 0.378 bits per heavy atom. The Balaban J connectivity index is 1.29. The molecule has 0 N–H and O–H groups in total. The Labute approximate surface area is 259 Å². The summed E-state index contributed by atoms with van der Waals surface area (Å²) in [5.41, 5.74) is 13.5. The van der Waals surface area contributed by atoms with Crippen LogP contribution in [0, 0.1) is 0 Å². The summed E-state index contributed by atoms with van der Waals surface area (Å²) < 4.78 is 8.80. The Hall–Kier alpha value is -6.06. The van der Waals surface area contributed by atoms with Gasteiger partial charge in [-0.2, -0.15) is 0 Å². The van der Waals surface area contributed by atoms with Crippen LogP contribution in [0.15, 0.2) is 162 Å². The third kappa shape index (κ3) is 3.52. The van der Waals surface area contributed by atoms with Crippen molar-refractivity contribution in [3.05, 3.63) is 158 Å². The van der Waals surface area contributed by atoms with Gasteiger partial charge in [-0.25, -0.2) is 0 Å². The maximum atomic E-state index is 6.37. The molecule has 0 amide bonds. The number of rotatable bonds is 3. The summed E-state index contributed by atoms with van der Waals surface area (Å²) in [7, 11) is 0. The van der Waals surface area contributed by atoms with Crippen LogP contribution in [0.2, 0.25) is 0 Å². The number of nitrogens with zero attached hydrogens (tertiary/aromatic N) is 2. The number of fused-ring (bicyclic) bond motifs is 8. The van der Waals surface area contributed by atoms with Gasteiger partial charge in [0.25, 0.3) is 0 Å². The molecule has 0 unspecified atom stereocenters. The second kappa shape index (κ2) is 9.22. The van der Waals surface area contributed by atoms with Gasteiger partial charge in [0.2, 0.25) is 0 Å². The van der Waals surface area contributed by atoms with Crippen LogP contribution in [0.1, 0.15) is 0 Å². The third-order valence-corrected chi connectivity index (χ3v) is 9.26. The molecule has 7 aromatic carbocycles. The smallest absolute Gasteiger partial charge is 0.137 e. The number of para-hydroxylation sites is 4. The van der Waals surface area contributed by atoms with Crippen LogP contribution in [0.4, 0.5) is 17.1 Å². The maximum absolute atomic E-state index is 6.37. The molecule has 3 heterocycles. The van der Waals surface area contributed by atoms with Crippen LogP contribution in [0.5, 0.6) is 0 Å². The topological polar surface area (TPSA) is 21.3 Å². The summed E-state index contributed by atoms with van der Waals surface area (Å²) in [6, 6.07) is 56.6. The Morgan fingerprint density at radius 2 is 1.00 bits per heavy atom. The van der Waals surface area contributed by atoms with Crippen LogP contribution in [-0.4, -0.2) is 4.57 Å². The average Bonchev–Trinajstić information content (AvgIpc) is 3.64. The predicted molar refractivity (Wildman–Crippen MR) is 187 cm³/mol. The molecule has 45 heavy (non-hydrogen) atoms. The molecule has 210 valence electrons. The van der Waals surface area contributed by atoms with Gasteiger partial charge in [0.15, 0.2) is 0 Å². The molecule has 0 aliphatic carbocycles. The summed E-state index contributed by atoms with van der Waals surface area (Å²) in [6.45, 7) is 0. The molecule has 1 aliphatic heterocycles. The zero-order valence-corrected chi connectivity index (χ0v) is 24.3. The second-order valence-electron chi connectivity index (χ2n) is 11.8. The van der Waals surface area contributed by atoms with Gasteiger partial charge in [-0.15, -0.1) is 0 Å². The first-order chi connectivity index (χ1) is 22.3. The van der Waals surface area contributed by atoms with Crippen molar-refractivity contribution in [1.82, 2.24) is 4.57 Å². The van der Waals surface area contributed by atoms with E-state index in [9.17, 15) is 0 Å². The molecular weight excluding hydrogens is 548 g/mol. The summed E-state index contributed by atoms with van der Waals surface area (Å²) >= 11 is 0. The number of benzene rings is 7. The molecular formula is C42H26N2O. The van der Waals surface area contributed by atoms with Gasteiger partial charge < -0.3 is 13.9 Å². The van der Waals surface area contributed by atoms with Crippen molar-refractivity contribution < 1.29 is 4.42 Å². The van der Waals surface area contributed by atoms with Crippen molar-refractivity contribution in [3.8, 4) is 27.9 Å². The van der Waals surface area contributed by atoms with E-state index in [4.69, 9.17) is 4.42 Å².